The molecule has 3 nitrogen and oxygen atoms in total. The number of rotatable bonds is 8. The van der Waals surface area contributed by atoms with E-state index in [2.05, 4.69) is 16.7 Å². The molecule has 16 heavy (non-hydrogen) atoms. The molecule has 0 aromatic carbocycles. The first-order valence-corrected chi connectivity index (χ1v) is 7.01. The van der Waals surface area contributed by atoms with Gasteiger partial charge in [0.15, 0.2) is 0 Å². The number of piperazine rings is 1. The maximum Gasteiger partial charge on any atom is 0.0110 e. The van der Waals surface area contributed by atoms with Gasteiger partial charge in [-0.2, -0.15) is 0 Å². The normalized spacial score (nSPS) is 19.1. The zero-order valence-electron chi connectivity index (χ0n) is 11.0. The summed E-state index contributed by atoms with van der Waals surface area (Å²) in [4.78, 5) is 5.22. The Morgan fingerprint density at radius 1 is 0.812 bits per heavy atom. The second kappa shape index (κ2) is 8.97. The van der Waals surface area contributed by atoms with Crippen molar-refractivity contribution < 1.29 is 0 Å². The predicted molar refractivity (Wildman–Crippen MR) is 70.7 cm³/mol. The molecule has 0 atom stereocenters. The molecule has 96 valence electrons. The molecule has 1 aliphatic heterocycles. The minimum Gasteiger partial charge on any atom is -0.330 e. The summed E-state index contributed by atoms with van der Waals surface area (Å²) in [6.07, 6.45) is 6.49. The lowest BCUT2D eigenvalue weighted by molar-refractivity contribution is 0.129. The van der Waals surface area contributed by atoms with Crippen LogP contribution < -0.4 is 5.73 Å². The molecule has 0 unspecified atom stereocenters. The van der Waals surface area contributed by atoms with Crippen molar-refractivity contribution in [3.8, 4) is 0 Å². The number of nitrogens with two attached hydrogens (primary N) is 1. The monoisotopic (exact) mass is 227 g/mol. The van der Waals surface area contributed by atoms with Crippen LogP contribution in [-0.2, 0) is 0 Å². The maximum atomic E-state index is 5.49. The number of unbranched alkanes of at least 4 members (excludes halogenated alkanes) is 3. The third-order valence-electron chi connectivity index (χ3n) is 3.47. The molecule has 1 fully saturated rings. The van der Waals surface area contributed by atoms with Gasteiger partial charge < -0.3 is 15.5 Å². The molecule has 0 amide bonds. The smallest absolute Gasteiger partial charge is 0.0110 e. The first-order valence-electron chi connectivity index (χ1n) is 7.01. The summed E-state index contributed by atoms with van der Waals surface area (Å²) < 4.78 is 0. The van der Waals surface area contributed by atoms with Crippen molar-refractivity contribution in [2.75, 3.05) is 45.8 Å². The molecule has 0 aromatic heterocycles. The van der Waals surface area contributed by atoms with Crippen LogP contribution in [0.1, 0.15) is 39.0 Å². The average Bonchev–Trinajstić information content (AvgIpc) is 2.33. The van der Waals surface area contributed by atoms with Crippen LogP contribution in [0.4, 0.5) is 0 Å². The highest BCUT2D eigenvalue weighted by molar-refractivity contribution is 4.71. The van der Waals surface area contributed by atoms with Gasteiger partial charge in [0.2, 0.25) is 0 Å². The van der Waals surface area contributed by atoms with Gasteiger partial charge in [-0.15, -0.1) is 0 Å². The summed E-state index contributed by atoms with van der Waals surface area (Å²) in [5.74, 6) is 0. The molecule has 1 rings (SSSR count). The van der Waals surface area contributed by atoms with E-state index in [1.807, 2.05) is 0 Å². The lowest BCUT2D eigenvalue weighted by atomic mass is 10.2. The largest absolute Gasteiger partial charge is 0.330 e. The van der Waals surface area contributed by atoms with Gasteiger partial charge in [-0.25, -0.2) is 0 Å². The Morgan fingerprint density at radius 2 is 1.38 bits per heavy atom. The van der Waals surface area contributed by atoms with Crippen molar-refractivity contribution in [1.29, 1.82) is 0 Å². The van der Waals surface area contributed by atoms with Gasteiger partial charge in [-0.1, -0.05) is 19.8 Å². The lowest BCUT2D eigenvalue weighted by Crippen LogP contribution is -2.46. The van der Waals surface area contributed by atoms with Crippen molar-refractivity contribution in [3.05, 3.63) is 0 Å². The van der Waals surface area contributed by atoms with Crippen LogP contribution in [0.2, 0.25) is 0 Å². The van der Waals surface area contributed by atoms with Crippen LogP contribution >= 0.6 is 0 Å². The number of hydrogen-bond acceptors (Lipinski definition) is 3. The summed E-state index contributed by atoms with van der Waals surface area (Å²) in [7, 11) is 0. The molecule has 1 aliphatic rings. The number of hydrogen-bond donors (Lipinski definition) is 1. The molecule has 0 saturated carbocycles. The van der Waals surface area contributed by atoms with E-state index in [9.17, 15) is 0 Å². The molecule has 2 N–H and O–H groups in total. The molecular formula is C13H29N3. The van der Waals surface area contributed by atoms with Crippen LogP contribution in [0.25, 0.3) is 0 Å². The maximum absolute atomic E-state index is 5.49. The first-order chi connectivity index (χ1) is 7.86. The second-order valence-corrected chi connectivity index (χ2v) is 4.89. The summed E-state index contributed by atoms with van der Waals surface area (Å²) >= 11 is 0. The zero-order chi connectivity index (χ0) is 11.6. The van der Waals surface area contributed by atoms with Gasteiger partial charge in [0, 0.05) is 26.2 Å². The van der Waals surface area contributed by atoms with Crippen molar-refractivity contribution in [2.45, 2.75) is 39.0 Å². The third kappa shape index (κ3) is 5.83. The van der Waals surface area contributed by atoms with Crippen LogP contribution in [0.5, 0.6) is 0 Å². The van der Waals surface area contributed by atoms with Crippen LogP contribution in [0.15, 0.2) is 0 Å². The number of nitrogens with zero attached hydrogens (tertiary/aromatic N) is 2. The van der Waals surface area contributed by atoms with E-state index in [0.29, 0.717) is 0 Å². The van der Waals surface area contributed by atoms with Crippen molar-refractivity contribution in [2.24, 2.45) is 5.73 Å². The quantitative estimate of drug-likeness (QED) is 0.638. The van der Waals surface area contributed by atoms with E-state index in [1.54, 1.807) is 0 Å². The molecule has 0 spiro atoms. The van der Waals surface area contributed by atoms with Gasteiger partial charge in [0.05, 0.1) is 0 Å². The summed E-state index contributed by atoms with van der Waals surface area (Å²) in [6, 6.07) is 0. The molecule has 1 heterocycles. The SMILES string of the molecule is CCCCN1CCN(CCCCCN)CC1. The summed E-state index contributed by atoms with van der Waals surface area (Å²) in [6.45, 7) is 10.8. The minimum absolute atomic E-state index is 0.852. The standard InChI is InChI=1S/C13H29N3/c1-2-3-8-15-10-12-16(13-11-15)9-6-4-5-7-14/h2-14H2,1H3. The second-order valence-electron chi connectivity index (χ2n) is 4.89. The van der Waals surface area contributed by atoms with E-state index < -0.39 is 0 Å². The van der Waals surface area contributed by atoms with Crippen LogP contribution in [0, 0.1) is 0 Å². The molecule has 0 aromatic rings. The van der Waals surface area contributed by atoms with Gasteiger partial charge >= 0.3 is 0 Å². The van der Waals surface area contributed by atoms with Crippen molar-refractivity contribution in [1.82, 2.24) is 9.80 Å². The highest BCUT2D eigenvalue weighted by Crippen LogP contribution is 2.05. The van der Waals surface area contributed by atoms with Crippen LogP contribution in [0.3, 0.4) is 0 Å². The van der Waals surface area contributed by atoms with Gasteiger partial charge in [0.1, 0.15) is 0 Å². The molecule has 0 bridgehead atoms. The molecule has 3 heteroatoms. The highest BCUT2D eigenvalue weighted by Gasteiger charge is 2.15. The van der Waals surface area contributed by atoms with E-state index in [1.165, 1.54) is 71.4 Å². The van der Waals surface area contributed by atoms with E-state index in [-0.39, 0.29) is 0 Å². The highest BCUT2D eigenvalue weighted by atomic mass is 15.3. The Kier molecular flexibility index (Phi) is 7.81. The summed E-state index contributed by atoms with van der Waals surface area (Å²) in [5.41, 5.74) is 5.49. The lowest BCUT2D eigenvalue weighted by Gasteiger charge is -2.34. The third-order valence-corrected chi connectivity index (χ3v) is 3.47. The van der Waals surface area contributed by atoms with E-state index >= 15 is 0 Å². The fourth-order valence-electron chi connectivity index (χ4n) is 2.27. The predicted octanol–water partition coefficient (Wildman–Crippen LogP) is 1.53. The van der Waals surface area contributed by atoms with Crippen molar-refractivity contribution in [3.63, 3.8) is 0 Å². The average molecular weight is 227 g/mol. The van der Waals surface area contributed by atoms with Crippen LogP contribution in [-0.4, -0.2) is 55.6 Å². The fourth-order valence-corrected chi connectivity index (χ4v) is 2.27. The zero-order valence-corrected chi connectivity index (χ0v) is 11.0. The molecule has 0 radical (unpaired) electrons. The summed E-state index contributed by atoms with van der Waals surface area (Å²) in [5, 5.41) is 0. The Balaban J connectivity index is 1.98. The molecular weight excluding hydrogens is 198 g/mol. The van der Waals surface area contributed by atoms with E-state index in [0.717, 1.165) is 6.54 Å². The van der Waals surface area contributed by atoms with Gasteiger partial charge in [-0.3, -0.25) is 0 Å². The Bertz CT molecular complexity index is 153. The Labute approximate surface area is 101 Å². The molecule has 0 aliphatic carbocycles. The van der Waals surface area contributed by atoms with E-state index in [4.69, 9.17) is 5.73 Å². The van der Waals surface area contributed by atoms with Gasteiger partial charge in [-0.05, 0) is 38.9 Å². The molecule has 1 saturated heterocycles. The fraction of sp³-hybridized carbons (Fsp3) is 1.00. The van der Waals surface area contributed by atoms with Gasteiger partial charge in [0.25, 0.3) is 0 Å². The minimum atomic E-state index is 0.852. The first kappa shape index (κ1) is 13.9. The Hall–Kier alpha value is -0.120. The Morgan fingerprint density at radius 3 is 1.88 bits per heavy atom. The van der Waals surface area contributed by atoms with Crippen molar-refractivity contribution >= 4 is 0 Å². The topological polar surface area (TPSA) is 32.5 Å².